The van der Waals surface area contributed by atoms with E-state index in [1.807, 2.05) is 72.9 Å². The highest BCUT2D eigenvalue weighted by atomic mass is 16.5. The van der Waals surface area contributed by atoms with Crippen molar-refractivity contribution in [1.29, 1.82) is 0 Å². The van der Waals surface area contributed by atoms with Crippen LogP contribution < -0.4 is 10.6 Å². The second-order valence-corrected chi connectivity index (χ2v) is 2.77. The Bertz CT molecular complexity index is 298. The average molecular weight is 284 g/mol. The number of nitrogens with one attached hydrogen (secondary N) is 2. The largest absolute Gasteiger partial charge is 0.445 e. The molecule has 0 heterocycles. The Balaban J connectivity index is -0.000000425. The minimum Gasteiger partial charge on any atom is -0.445 e. The van der Waals surface area contributed by atoms with Crippen molar-refractivity contribution in [3.05, 3.63) is 29.8 Å². The Kier molecular flexibility index (Phi) is 22.9. The lowest BCUT2D eigenvalue weighted by molar-refractivity contribution is 0.142. The van der Waals surface area contributed by atoms with Crippen LogP contribution in [-0.4, -0.2) is 20.2 Å². The number of benzene rings is 1. The van der Waals surface area contributed by atoms with Crippen molar-refractivity contribution < 1.29 is 9.53 Å². The third-order valence-electron chi connectivity index (χ3n) is 1.82. The summed E-state index contributed by atoms with van der Waals surface area (Å²) in [5.41, 5.74) is 2.00. The highest BCUT2D eigenvalue weighted by molar-refractivity contribution is 5.66. The summed E-state index contributed by atoms with van der Waals surface area (Å²) in [5, 5.41) is 5.39. The quantitative estimate of drug-likeness (QED) is 0.848. The molecule has 0 fully saturated rings. The molecule has 20 heavy (non-hydrogen) atoms. The molecule has 0 aliphatic heterocycles. The molecular weight excluding hydrogens is 252 g/mol. The normalized spacial score (nSPS) is 7.40. The van der Waals surface area contributed by atoms with Crippen LogP contribution in [0.15, 0.2) is 24.3 Å². The average Bonchev–Trinajstić information content (AvgIpc) is 2.58. The first-order valence-electron chi connectivity index (χ1n) is 7.37. The molecule has 0 atom stereocenters. The van der Waals surface area contributed by atoms with Gasteiger partial charge in [0.1, 0.15) is 6.61 Å². The van der Waals surface area contributed by atoms with Crippen LogP contribution in [0.1, 0.15) is 47.1 Å². The Hall–Kier alpha value is -1.71. The second kappa shape index (κ2) is 19.6. The lowest BCUT2D eigenvalue weighted by atomic mass is 10.2. The molecule has 0 bridgehead atoms. The molecule has 0 unspecified atom stereocenters. The fraction of sp³-hybridized carbons (Fsp3) is 0.562. The van der Waals surface area contributed by atoms with Gasteiger partial charge in [-0.3, -0.25) is 0 Å². The van der Waals surface area contributed by atoms with Crippen molar-refractivity contribution in [3.63, 3.8) is 0 Å². The topological polar surface area (TPSA) is 50.4 Å². The standard InChI is InChI=1S/C10H14N2O2.3C2H6/c1-11-9-5-3-8(4-6-9)7-14-10(13)12-2;3*1-2/h3-6,11H,7H2,1-2H3,(H,12,13);3*1-2H3. The van der Waals surface area contributed by atoms with Crippen LogP contribution in [0.3, 0.4) is 0 Å². The zero-order valence-electron chi connectivity index (χ0n) is 14.3. The van der Waals surface area contributed by atoms with E-state index in [9.17, 15) is 4.79 Å². The van der Waals surface area contributed by atoms with Gasteiger partial charge in [0.05, 0.1) is 0 Å². The SMILES string of the molecule is CC.CC.CC.CNC(=O)OCc1ccc(NC)cc1. The number of hydrogen-bond acceptors (Lipinski definition) is 3. The third kappa shape index (κ3) is 12.7. The Morgan fingerprint density at radius 2 is 1.40 bits per heavy atom. The molecular formula is C16H32N2O2. The molecule has 0 radical (unpaired) electrons. The molecule has 1 amide bonds. The summed E-state index contributed by atoms with van der Waals surface area (Å²) < 4.78 is 4.88. The van der Waals surface area contributed by atoms with Crippen LogP contribution in [0.2, 0.25) is 0 Å². The number of hydrogen-bond donors (Lipinski definition) is 2. The van der Waals surface area contributed by atoms with Gasteiger partial charge in [-0.2, -0.15) is 0 Å². The first-order chi connectivity index (χ1) is 9.76. The Labute approximate surface area is 124 Å². The zero-order chi connectivity index (χ0) is 16.4. The molecule has 0 aliphatic carbocycles. The molecule has 1 aromatic carbocycles. The minimum atomic E-state index is -0.414. The van der Waals surface area contributed by atoms with E-state index in [0.717, 1.165) is 11.3 Å². The van der Waals surface area contributed by atoms with E-state index < -0.39 is 6.09 Å². The predicted octanol–water partition coefficient (Wildman–Crippen LogP) is 4.66. The van der Waals surface area contributed by atoms with Crippen molar-refractivity contribution in [1.82, 2.24) is 5.32 Å². The smallest absolute Gasteiger partial charge is 0.407 e. The maximum Gasteiger partial charge on any atom is 0.407 e. The van der Waals surface area contributed by atoms with E-state index in [0.29, 0.717) is 6.61 Å². The minimum absolute atomic E-state index is 0.295. The number of carbonyl (C=O) groups is 1. The second-order valence-electron chi connectivity index (χ2n) is 2.77. The molecule has 4 nitrogen and oxygen atoms in total. The van der Waals surface area contributed by atoms with Crippen LogP contribution >= 0.6 is 0 Å². The van der Waals surface area contributed by atoms with Crippen molar-refractivity contribution in [2.45, 2.75) is 48.1 Å². The monoisotopic (exact) mass is 284 g/mol. The summed E-state index contributed by atoms with van der Waals surface area (Å²) >= 11 is 0. The summed E-state index contributed by atoms with van der Waals surface area (Å²) in [4.78, 5) is 10.8. The molecule has 118 valence electrons. The van der Waals surface area contributed by atoms with E-state index in [4.69, 9.17) is 4.74 Å². The van der Waals surface area contributed by atoms with Gasteiger partial charge < -0.3 is 15.4 Å². The van der Waals surface area contributed by atoms with Gasteiger partial charge in [-0.1, -0.05) is 53.7 Å². The van der Waals surface area contributed by atoms with Gasteiger partial charge in [0.25, 0.3) is 0 Å². The maximum absolute atomic E-state index is 10.8. The Morgan fingerprint density at radius 3 is 1.75 bits per heavy atom. The van der Waals surface area contributed by atoms with Crippen molar-refractivity contribution in [3.8, 4) is 0 Å². The lowest BCUT2D eigenvalue weighted by Crippen LogP contribution is -2.18. The molecule has 0 spiro atoms. The summed E-state index contributed by atoms with van der Waals surface area (Å²) in [5.74, 6) is 0. The van der Waals surface area contributed by atoms with E-state index in [1.54, 1.807) is 0 Å². The summed E-state index contributed by atoms with van der Waals surface area (Å²) in [6, 6.07) is 7.69. The van der Waals surface area contributed by atoms with Crippen molar-refractivity contribution in [2.24, 2.45) is 0 Å². The van der Waals surface area contributed by atoms with E-state index in [-0.39, 0.29) is 0 Å². The molecule has 0 saturated carbocycles. The number of anilines is 1. The molecule has 1 aromatic rings. The van der Waals surface area contributed by atoms with E-state index >= 15 is 0 Å². The van der Waals surface area contributed by atoms with Crippen molar-refractivity contribution in [2.75, 3.05) is 19.4 Å². The first kappa shape index (κ1) is 23.4. The van der Waals surface area contributed by atoms with Gasteiger partial charge in [0.15, 0.2) is 0 Å². The van der Waals surface area contributed by atoms with Gasteiger partial charge in [-0.25, -0.2) is 4.79 Å². The van der Waals surface area contributed by atoms with Crippen LogP contribution in [0.25, 0.3) is 0 Å². The lowest BCUT2D eigenvalue weighted by Gasteiger charge is -2.05. The summed E-state index contributed by atoms with van der Waals surface area (Å²) in [7, 11) is 3.39. The first-order valence-corrected chi connectivity index (χ1v) is 7.37. The number of carbonyl (C=O) groups excluding carboxylic acids is 1. The number of rotatable bonds is 3. The molecule has 0 aliphatic rings. The fourth-order valence-corrected chi connectivity index (χ4v) is 0.989. The van der Waals surface area contributed by atoms with Crippen LogP contribution in [-0.2, 0) is 11.3 Å². The van der Waals surface area contributed by atoms with Crippen LogP contribution in [0.5, 0.6) is 0 Å². The van der Waals surface area contributed by atoms with Gasteiger partial charge >= 0.3 is 6.09 Å². The third-order valence-corrected chi connectivity index (χ3v) is 1.82. The van der Waals surface area contributed by atoms with Crippen LogP contribution in [0.4, 0.5) is 10.5 Å². The molecule has 0 saturated heterocycles. The van der Waals surface area contributed by atoms with Gasteiger partial charge in [0.2, 0.25) is 0 Å². The van der Waals surface area contributed by atoms with Crippen LogP contribution in [0, 0.1) is 0 Å². The van der Waals surface area contributed by atoms with Gasteiger partial charge in [-0.05, 0) is 17.7 Å². The molecule has 2 N–H and O–H groups in total. The maximum atomic E-state index is 10.8. The van der Waals surface area contributed by atoms with Crippen molar-refractivity contribution >= 4 is 11.8 Å². The molecule has 4 heteroatoms. The van der Waals surface area contributed by atoms with Gasteiger partial charge in [-0.15, -0.1) is 0 Å². The van der Waals surface area contributed by atoms with Gasteiger partial charge in [0, 0.05) is 19.8 Å². The van der Waals surface area contributed by atoms with E-state index in [2.05, 4.69) is 10.6 Å². The van der Waals surface area contributed by atoms with E-state index in [1.165, 1.54) is 7.05 Å². The number of amides is 1. The molecule has 0 aromatic heterocycles. The number of alkyl carbamates (subject to hydrolysis) is 1. The summed E-state index contributed by atoms with van der Waals surface area (Å²) in [6.45, 7) is 12.3. The highest BCUT2D eigenvalue weighted by Gasteiger charge is 1.98. The fourth-order valence-electron chi connectivity index (χ4n) is 0.989. The summed E-state index contributed by atoms with van der Waals surface area (Å²) in [6.07, 6.45) is -0.414. The Morgan fingerprint density at radius 1 is 0.950 bits per heavy atom. The molecule has 1 rings (SSSR count). The zero-order valence-corrected chi connectivity index (χ0v) is 14.3. The highest BCUT2D eigenvalue weighted by Crippen LogP contribution is 2.09. The number of ether oxygens (including phenoxy) is 1. The predicted molar refractivity (Wildman–Crippen MR) is 89.3 cm³/mol.